The third-order valence-corrected chi connectivity index (χ3v) is 4.17. The van der Waals surface area contributed by atoms with Gasteiger partial charge in [-0.05, 0) is 35.9 Å². The summed E-state index contributed by atoms with van der Waals surface area (Å²) in [7, 11) is 1.63. The van der Waals surface area contributed by atoms with Gasteiger partial charge in [-0.3, -0.25) is 9.78 Å². The maximum absolute atomic E-state index is 12.1. The van der Waals surface area contributed by atoms with Crippen molar-refractivity contribution in [2.24, 2.45) is 0 Å². The Bertz CT molecular complexity index is 1020. The number of fused-ring (bicyclic) bond motifs is 1. The number of carbonyl (C=O) groups is 1. The number of benzene rings is 1. The largest absolute Gasteiger partial charge is 0.355 e. The van der Waals surface area contributed by atoms with Crippen molar-refractivity contribution >= 4 is 16.9 Å². The molecule has 3 aromatic heterocycles. The number of nitrogens with zero attached hydrogens (tertiary/aromatic N) is 4. The minimum absolute atomic E-state index is 0.128. The molecule has 6 nitrogen and oxygen atoms in total. The van der Waals surface area contributed by atoms with E-state index in [4.69, 9.17) is 0 Å². The Kier molecular flexibility index (Phi) is 3.78. The van der Waals surface area contributed by atoms with Crippen LogP contribution in [0.25, 0.3) is 16.7 Å². The fourth-order valence-electron chi connectivity index (χ4n) is 2.93. The summed E-state index contributed by atoms with van der Waals surface area (Å²) < 4.78 is 3.87. The zero-order valence-electron chi connectivity index (χ0n) is 13.8. The van der Waals surface area contributed by atoms with Gasteiger partial charge in [-0.2, -0.15) is 5.10 Å². The van der Waals surface area contributed by atoms with Crippen LogP contribution in [0.1, 0.15) is 15.9 Å². The molecule has 1 N–H and O–H groups in total. The molecule has 0 fully saturated rings. The number of carbonyl (C=O) groups excluding carboxylic acids is 1. The van der Waals surface area contributed by atoms with Gasteiger partial charge in [0.05, 0.1) is 16.8 Å². The molecule has 6 heteroatoms. The first-order chi connectivity index (χ1) is 12.3. The van der Waals surface area contributed by atoms with Gasteiger partial charge >= 0.3 is 0 Å². The third kappa shape index (κ3) is 2.78. The summed E-state index contributed by atoms with van der Waals surface area (Å²) in [6, 6.07) is 14.0. The summed E-state index contributed by atoms with van der Waals surface area (Å²) in [5.74, 6) is -0.128. The highest BCUT2D eigenvalue weighted by molar-refractivity contribution is 6.05. The maximum Gasteiger partial charge on any atom is 0.254 e. The van der Waals surface area contributed by atoms with Crippen molar-refractivity contribution in [3.8, 4) is 5.69 Å². The molecule has 4 aromatic rings. The highest BCUT2D eigenvalue weighted by atomic mass is 16.1. The molecule has 3 heterocycles. The van der Waals surface area contributed by atoms with E-state index in [1.165, 1.54) is 0 Å². The molecule has 0 bridgehead atoms. The van der Waals surface area contributed by atoms with Gasteiger partial charge in [-0.1, -0.05) is 12.1 Å². The fourth-order valence-corrected chi connectivity index (χ4v) is 2.93. The second kappa shape index (κ2) is 6.24. The second-order valence-electron chi connectivity index (χ2n) is 5.74. The number of pyridine rings is 1. The third-order valence-electron chi connectivity index (χ3n) is 4.17. The average molecular weight is 331 g/mol. The number of hydrogen-bond acceptors (Lipinski definition) is 3. The summed E-state index contributed by atoms with van der Waals surface area (Å²) in [6.07, 6.45) is 7.23. The van der Waals surface area contributed by atoms with Crippen LogP contribution < -0.4 is 5.32 Å². The second-order valence-corrected chi connectivity index (χ2v) is 5.74. The van der Waals surface area contributed by atoms with Crippen molar-refractivity contribution in [3.63, 3.8) is 0 Å². The van der Waals surface area contributed by atoms with Crippen molar-refractivity contribution in [3.05, 3.63) is 78.4 Å². The highest BCUT2D eigenvalue weighted by Gasteiger charge is 2.15. The van der Waals surface area contributed by atoms with Crippen molar-refractivity contribution in [2.75, 3.05) is 7.05 Å². The van der Waals surface area contributed by atoms with Gasteiger partial charge < -0.3 is 9.88 Å². The van der Waals surface area contributed by atoms with Gasteiger partial charge in [-0.25, -0.2) is 4.68 Å². The summed E-state index contributed by atoms with van der Waals surface area (Å²) in [5, 5.41) is 6.90. The van der Waals surface area contributed by atoms with Gasteiger partial charge in [0.15, 0.2) is 0 Å². The predicted octanol–water partition coefficient (Wildman–Crippen LogP) is 2.63. The van der Waals surface area contributed by atoms with Gasteiger partial charge in [0.2, 0.25) is 0 Å². The molecule has 0 aliphatic heterocycles. The van der Waals surface area contributed by atoms with Gasteiger partial charge in [0.1, 0.15) is 5.52 Å². The van der Waals surface area contributed by atoms with Crippen LogP contribution in [0.4, 0.5) is 0 Å². The van der Waals surface area contributed by atoms with Crippen molar-refractivity contribution < 1.29 is 4.79 Å². The van der Waals surface area contributed by atoms with Crippen LogP contribution in [-0.2, 0) is 6.54 Å². The molecular formula is C19H17N5O. The molecule has 0 saturated heterocycles. The zero-order valence-corrected chi connectivity index (χ0v) is 13.8. The summed E-state index contributed by atoms with van der Waals surface area (Å²) in [4.78, 5) is 16.5. The van der Waals surface area contributed by atoms with E-state index in [0.717, 1.165) is 22.3 Å². The van der Waals surface area contributed by atoms with Crippen LogP contribution in [0.5, 0.6) is 0 Å². The molecule has 0 saturated carbocycles. The normalized spacial score (nSPS) is 10.9. The van der Waals surface area contributed by atoms with Crippen LogP contribution in [0, 0.1) is 0 Å². The molecule has 1 aromatic carbocycles. The number of nitrogens with one attached hydrogen (secondary N) is 1. The van der Waals surface area contributed by atoms with Gasteiger partial charge in [0.25, 0.3) is 5.91 Å². The molecular weight excluding hydrogens is 314 g/mol. The fraction of sp³-hybridized carbons (Fsp3) is 0.105. The van der Waals surface area contributed by atoms with Crippen molar-refractivity contribution in [2.45, 2.75) is 6.54 Å². The number of hydrogen-bond donors (Lipinski definition) is 1. The molecule has 0 aliphatic carbocycles. The SMILES string of the molecule is CNC(=O)c1cn(Cc2ccc(-n3cccn3)cc2)c2cccnc12. The van der Waals surface area contributed by atoms with E-state index in [9.17, 15) is 4.79 Å². The van der Waals surface area contributed by atoms with Gasteiger partial charge in [-0.15, -0.1) is 0 Å². The first kappa shape index (κ1) is 15.1. The van der Waals surface area contributed by atoms with Crippen LogP contribution in [0.15, 0.2) is 67.3 Å². The molecule has 0 atom stereocenters. The van der Waals surface area contributed by atoms with E-state index in [1.54, 1.807) is 19.4 Å². The quantitative estimate of drug-likeness (QED) is 0.625. The maximum atomic E-state index is 12.1. The standard InChI is InChI=1S/C19H17N5O/c1-20-19(25)16-13-23(17-4-2-9-21-18(16)17)12-14-5-7-15(8-6-14)24-11-3-10-22-24/h2-11,13H,12H2,1H3,(H,20,25). The molecule has 0 unspecified atom stereocenters. The molecule has 124 valence electrons. The summed E-state index contributed by atoms with van der Waals surface area (Å²) in [5.41, 5.74) is 4.40. The van der Waals surface area contributed by atoms with E-state index in [0.29, 0.717) is 12.1 Å². The topological polar surface area (TPSA) is 64.7 Å². The molecule has 4 rings (SSSR count). The van der Waals surface area contributed by atoms with E-state index < -0.39 is 0 Å². The van der Waals surface area contributed by atoms with E-state index in [1.807, 2.05) is 47.4 Å². The molecule has 0 aliphatic rings. The van der Waals surface area contributed by atoms with Crippen LogP contribution in [0.3, 0.4) is 0 Å². The Morgan fingerprint density at radius 3 is 2.68 bits per heavy atom. The first-order valence-corrected chi connectivity index (χ1v) is 8.01. The lowest BCUT2D eigenvalue weighted by atomic mass is 10.2. The highest BCUT2D eigenvalue weighted by Crippen LogP contribution is 2.20. The van der Waals surface area contributed by atoms with Crippen LogP contribution in [0.2, 0.25) is 0 Å². The number of aromatic nitrogens is 4. The van der Waals surface area contributed by atoms with Crippen LogP contribution in [-0.4, -0.2) is 32.3 Å². The van der Waals surface area contributed by atoms with E-state index in [-0.39, 0.29) is 5.91 Å². The number of rotatable bonds is 4. The van der Waals surface area contributed by atoms with Crippen molar-refractivity contribution in [1.82, 2.24) is 24.6 Å². The Hall–Kier alpha value is -3.41. The van der Waals surface area contributed by atoms with Crippen LogP contribution >= 0.6 is 0 Å². The molecule has 0 radical (unpaired) electrons. The van der Waals surface area contributed by atoms with Gasteiger partial charge in [0, 0.05) is 38.4 Å². The predicted molar refractivity (Wildman–Crippen MR) is 95.8 cm³/mol. The van der Waals surface area contributed by atoms with Crippen molar-refractivity contribution in [1.29, 1.82) is 0 Å². The minimum Gasteiger partial charge on any atom is -0.355 e. The molecule has 0 spiro atoms. The average Bonchev–Trinajstić information content (AvgIpc) is 3.31. The Morgan fingerprint density at radius 1 is 1.12 bits per heavy atom. The van der Waals surface area contributed by atoms with E-state index in [2.05, 4.69) is 32.1 Å². The minimum atomic E-state index is -0.128. The first-order valence-electron chi connectivity index (χ1n) is 8.01. The zero-order chi connectivity index (χ0) is 17.2. The monoisotopic (exact) mass is 331 g/mol. The van der Waals surface area contributed by atoms with E-state index >= 15 is 0 Å². The number of amides is 1. The lowest BCUT2D eigenvalue weighted by Gasteiger charge is -2.07. The Morgan fingerprint density at radius 2 is 1.96 bits per heavy atom. The lowest BCUT2D eigenvalue weighted by molar-refractivity contribution is 0.0964. The Labute approximate surface area is 144 Å². The smallest absolute Gasteiger partial charge is 0.254 e. The molecule has 1 amide bonds. The lowest BCUT2D eigenvalue weighted by Crippen LogP contribution is -2.17. The molecule has 25 heavy (non-hydrogen) atoms. The summed E-state index contributed by atoms with van der Waals surface area (Å²) >= 11 is 0. The summed E-state index contributed by atoms with van der Waals surface area (Å²) in [6.45, 7) is 0.665. The Balaban J connectivity index is 1.68.